The fourth-order valence-corrected chi connectivity index (χ4v) is 2.54. The normalized spacial score (nSPS) is 14.2. The average molecular weight is 280 g/mol. The van der Waals surface area contributed by atoms with Crippen molar-refractivity contribution in [3.8, 4) is 22.8 Å². The summed E-state index contributed by atoms with van der Waals surface area (Å²) in [6.07, 6.45) is 0.936. The molecule has 1 aliphatic heterocycles. The zero-order valence-corrected chi connectivity index (χ0v) is 11.2. The van der Waals surface area contributed by atoms with Gasteiger partial charge in [-0.25, -0.2) is 0 Å². The predicted molar refractivity (Wildman–Crippen MR) is 72.7 cm³/mol. The minimum absolute atomic E-state index is 0.0459. The van der Waals surface area contributed by atoms with Gasteiger partial charge in [0.2, 0.25) is 0 Å². The molecular weight excluding hydrogens is 266 g/mol. The highest BCUT2D eigenvalue weighted by molar-refractivity contribution is 6.32. The molecule has 0 amide bonds. The summed E-state index contributed by atoms with van der Waals surface area (Å²) >= 11 is 6.01. The van der Waals surface area contributed by atoms with E-state index in [9.17, 15) is 5.11 Å². The predicted octanol–water partition coefficient (Wildman–Crippen LogP) is 2.09. The molecule has 100 valence electrons. The van der Waals surface area contributed by atoms with Crippen molar-refractivity contribution < 1.29 is 9.84 Å². The molecule has 0 unspecified atom stereocenters. The summed E-state index contributed by atoms with van der Waals surface area (Å²) in [6.45, 7) is 1.73. The zero-order valence-electron chi connectivity index (χ0n) is 10.5. The fraction of sp³-hybridized carbons (Fsp3) is 0.308. The summed E-state index contributed by atoms with van der Waals surface area (Å²) in [5, 5.41) is 20.8. The Morgan fingerprint density at radius 2 is 2.26 bits per heavy atom. The first-order valence-corrected chi connectivity index (χ1v) is 6.42. The molecule has 19 heavy (non-hydrogen) atoms. The number of hydrogen-bond acceptors (Lipinski definition) is 4. The Morgan fingerprint density at radius 1 is 1.42 bits per heavy atom. The van der Waals surface area contributed by atoms with Crippen LogP contribution in [0.1, 0.15) is 11.3 Å². The number of benzene rings is 1. The molecule has 0 fully saturated rings. The fourth-order valence-electron chi connectivity index (χ4n) is 2.33. The molecule has 3 rings (SSSR count). The monoisotopic (exact) mass is 279 g/mol. The topological polar surface area (TPSA) is 70.2 Å². The van der Waals surface area contributed by atoms with E-state index in [4.69, 9.17) is 16.3 Å². The number of fused-ring (bicyclic) bond motifs is 1. The van der Waals surface area contributed by atoms with Crippen LogP contribution in [-0.4, -0.2) is 29.0 Å². The van der Waals surface area contributed by atoms with Crippen LogP contribution in [0.4, 0.5) is 0 Å². The number of aromatic amines is 1. The Kier molecular flexibility index (Phi) is 3.08. The van der Waals surface area contributed by atoms with Gasteiger partial charge in [0, 0.05) is 36.3 Å². The van der Waals surface area contributed by atoms with E-state index in [1.807, 2.05) is 0 Å². The van der Waals surface area contributed by atoms with E-state index >= 15 is 0 Å². The van der Waals surface area contributed by atoms with Gasteiger partial charge in [0.05, 0.1) is 17.8 Å². The smallest absolute Gasteiger partial charge is 0.176 e. The largest absolute Gasteiger partial charge is 0.503 e. The van der Waals surface area contributed by atoms with Gasteiger partial charge in [0.1, 0.15) is 0 Å². The number of nitrogens with one attached hydrogen (secondary N) is 2. The van der Waals surface area contributed by atoms with Crippen molar-refractivity contribution >= 4 is 11.6 Å². The molecule has 2 aromatic rings. The maximum atomic E-state index is 9.76. The van der Waals surface area contributed by atoms with E-state index in [1.54, 1.807) is 12.1 Å². The van der Waals surface area contributed by atoms with Crippen molar-refractivity contribution in [3.05, 3.63) is 28.4 Å². The maximum absolute atomic E-state index is 9.76. The van der Waals surface area contributed by atoms with E-state index in [1.165, 1.54) is 7.11 Å². The number of phenols is 1. The number of rotatable bonds is 2. The molecule has 3 N–H and O–H groups in total. The molecule has 0 bridgehead atoms. The van der Waals surface area contributed by atoms with Gasteiger partial charge in [-0.1, -0.05) is 11.6 Å². The number of ether oxygens (including phenoxy) is 1. The second-order valence-corrected chi connectivity index (χ2v) is 4.87. The molecule has 1 aliphatic rings. The standard InChI is InChI=1S/C13H14ClN3O2/c1-19-11-5-7(4-9(14)13(11)18)12-8-6-15-3-2-10(8)16-17-12/h4-5,15,18H,2-3,6H2,1H3,(H,16,17). The third-order valence-electron chi connectivity index (χ3n) is 3.33. The lowest BCUT2D eigenvalue weighted by Crippen LogP contribution is -2.23. The maximum Gasteiger partial charge on any atom is 0.176 e. The van der Waals surface area contributed by atoms with Gasteiger partial charge < -0.3 is 15.2 Å². The molecule has 1 aromatic heterocycles. The third-order valence-corrected chi connectivity index (χ3v) is 3.62. The summed E-state index contributed by atoms with van der Waals surface area (Å²) in [4.78, 5) is 0. The number of H-pyrrole nitrogens is 1. The molecule has 0 spiro atoms. The van der Waals surface area contributed by atoms with Crippen molar-refractivity contribution in [3.63, 3.8) is 0 Å². The van der Waals surface area contributed by atoms with Gasteiger partial charge in [-0.2, -0.15) is 5.10 Å². The number of halogens is 1. The van der Waals surface area contributed by atoms with Crippen LogP contribution in [0, 0.1) is 0 Å². The molecule has 0 saturated heterocycles. The van der Waals surface area contributed by atoms with Crippen LogP contribution in [-0.2, 0) is 13.0 Å². The SMILES string of the molecule is COc1cc(-c2n[nH]c3c2CNCC3)cc(Cl)c1O. The lowest BCUT2D eigenvalue weighted by molar-refractivity contribution is 0.374. The Bertz CT molecular complexity index is 625. The number of nitrogens with zero attached hydrogens (tertiary/aromatic N) is 1. The van der Waals surface area contributed by atoms with Gasteiger partial charge in [-0.3, -0.25) is 5.10 Å². The quantitative estimate of drug-likeness (QED) is 0.787. The summed E-state index contributed by atoms with van der Waals surface area (Å²) in [5.74, 6) is 0.304. The molecule has 0 atom stereocenters. The molecule has 6 heteroatoms. The van der Waals surface area contributed by atoms with Crippen LogP contribution in [0.5, 0.6) is 11.5 Å². The van der Waals surface area contributed by atoms with Gasteiger partial charge in [0.25, 0.3) is 0 Å². The van der Waals surface area contributed by atoms with E-state index in [0.717, 1.165) is 42.0 Å². The second-order valence-electron chi connectivity index (χ2n) is 4.47. The highest BCUT2D eigenvalue weighted by atomic mass is 35.5. The van der Waals surface area contributed by atoms with Crippen LogP contribution in [0.25, 0.3) is 11.3 Å². The van der Waals surface area contributed by atoms with E-state index < -0.39 is 0 Å². The lowest BCUT2D eigenvalue weighted by Gasteiger charge is -2.13. The number of methoxy groups -OCH3 is 1. The van der Waals surface area contributed by atoms with Crippen molar-refractivity contribution in [1.29, 1.82) is 0 Å². The van der Waals surface area contributed by atoms with E-state index in [2.05, 4.69) is 15.5 Å². The molecule has 1 aromatic carbocycles. The molecule has 5 nitrogen and oxygen atoms in total. The van der Waals surface area contributed by atoms with Crippen LogP contribution in [0.15, 0.2) is 12.1 Å². The second kappa shape index (κ2) is 4.75. The molecule has 0 saturated carbocycles. The van der Waals surface area contributed by atoms with E-state index in [0.29, 0.717) is 5.75 Å². The summed E-state index contributed by atoms with van der Waals surface area (Å²) in [5.41, 5.74) is 3.98. The van der Waals surface area contributed by atoms with Gasteiger partial charge >= 0.3 is 0 Å². The number of phenolic OH excluding ortho intramolecular Hbond substituents is 1. The van der Waals surface area contributed by atoms with Crippen molar-refractivity contribution in [2.75, 3.05) is 13.7 Å². The molecular formula is C13H14ClN3O2. The van der Waals surface area contributed by atoms with Crippen molar-refractivity contribution in [1.82, 2.24) is 15.5 Å². The van der Waals surface area contributed by atoms with Crippen molar-refractivity contribution in [2.24, 2.45) is 0 Å². The Hall–Kier alpha value is -1.72. The first-order valence-electron chi connectivity index (χ1n) is 6.04. The number of hydrogen-bond donors (Lipinski definition) is 3. The van der Waals surface area contributed by atoms with E-state index in [-0.39, 0.29) is 10.8 Å². The summed E-state index contributed by atoms with van der Waals surface area (Å²) in [7, 11) is 1.50. The average Bonchev–Trinajstić information content (AvgIpc) is 2.85. The van der Waals surface area contributed by atoms with Crippen molar-refractivity contribution in [2.45, 2.75) is 13.0 Å². The molecule has 0 aliphatic carbocycles. The summed E-state index contributed by atoms with van der Waals surface area (Å²) in [6, 6.07) is 3.44. The van der Waals surface area contributed by atoms with Crippen LogP contribution in [0.2, 0.25) is 5.02 Å². The minimum atomic E-state index is -0.0459. The lowest BCUT2D eigenvalue weighted by atomic mass is 10.0. The van der Waals surface area contributed by atoms with Crippen LogP contribution < -0.4 is 10.1 Å². The highest BCUT2D eigenvalue weighted by Crippen LogP contribution is 2.39. The zero-order chi connectivity index (χ0) is 13.4. The van der Waals surface area contributed by atoms with Gasteiger partial charge in [0.15, 0.2) is 11.5 Å². The molecule has 0 radical (unpaired) electrons. The van der Waals surface area contributed by atoms with Crippen LogP contribution in [0.3, 0.4) is 0 Å². The number of aromatic hydroxyl groups is 1. The number of aromatic nitrogens is 2. The summed E-state index contributed by atoms with van der Waals surface area (Å²) < 4.78 is 5.12. The Labute approximate surface area is 115 Å². The Morgan fingerprint density at radius 3 is 3.05 bits per heavy atom. The third kappa shape index (κ3) is 2.05. The Balaban J connectivity index is 2.12. The minimum Gasteiger partial charge on any atom is -0.503 e. The highest BCUT2D eigenvalue weighted by Gasteiger charge is 2.19. The molecule has 2 heterocycles. The van der Waals surface area contributed by atoms with Gasteiger partial charge in [-0.05, 0) is 12.1 Å². The first kappa shape index (κ1) is 12.3. The van der Waals surface area contributed by atoms with Gasteiger partial charge in [-0.15, -0.1) is 0 Å². The van der Waals surface area contributed by atoms with Crippen LogP contribution >= 0.6 is 11.6 Å². The first-order chi connectivity index (χ1) is 9.20.